The van der Waals surface area contributed by atoms with Gasteiger partial charge in [0.1, 0.15) is 0 Å². The maximum absolute atomic E-state index is 11.9. The average molecular weight is 233 g/mol. The van der Waals surface area contributed by atoms with Crippen LogP contribution in [0.15, 0.2) is 24.3 Å². The van der Waals surface area contributed by atoms with E-state index in [0.717, 1.165) is 30.6 Å². The highest BCUT2D eigenvalue weighted by atomic mass is 16.1. The van der Waals surface area contributed by atoms with Gasteiger partial charge in [-0.15, -0.1) is 0 Å². The van der Waals surface area contributed by atoms with Crippen molar-refractivity contribution in [1.29, 1.82) is 0 Å². The van der Waals surface area contributed by atoms with E-state index in [9.17, 15) is 4.79 Å². The van der Waals surface area contributed by atoms with Crippen LogP contribution < -0.4 is 5.32 Å². The highest BCUT2D eigenvalue weighted by molar-refractivity contribution is 5.96. The number of ketones is 1. The van der Waals surface area contributed by atoms with Gasteiger partial charge in [-0.3, -0.25) is 4.79 Å². The van der Waals surface area contributed by atoms with Crippen LogP contribution in [0.3, 0.4) is 0 Å². The molecule has 0 saturated heterocycles. The third kappa shape index (κ3) is 5.03. The Bertz CT molecular complexity index is 340. The molecule has 1 aromatic carbocycles. The standard InChI is InChI=1S/C15H23NO/c1-4-16-14-10-8-13(9-11-14)15(17)7-5-6-12(2)3/h8-12,16H,4-7H2,1-3H3. The summed E-state index contributed by atoms with van der Waals surface area (Å²) in [6, 6.07) is 7.77. The van der Waals surface area contributed by atoms with Gasteiger partial charge in [0.15, 0.2) is 5.78 Å². The van der Waals surface area contributed by atoms with Crippen molar-refractivity contribution in [3.8, 4) is 0 Å². The second-order valence-electron chi connectivity index (χ2n) is 4.82. The minimum Gasteiger partial charge on any atom is -0.385 e. The molecule has 0 aliphatic carbocycles. The van der Waals surface area contributed by atoms with Crippen LogP contribution in [0.4, 0.5) is 5.69 Å². The van der Waals surface area contributed by atoms with Crippen LogP contribution in [0, 0.1) is 5.92 Å². The fraction of sp³-hybridized carbons (Fsp3) is 0.533. The smallest absolute Gasteiger partial charge is 0.162 e. The minimum atomic E-state index is 0.258. The summed E-state index contributed by atoms with van der Waals surface area (Å²) in [5.41, 5.74) is 1.90. The Morgan fingerprint density at radius 1 is 1.24 bits per heavy atom. The molecule has 0 unspecified atom stereocenters. The van der Waals surface area contributed by atoms with E-state index in [1.807, 2.05) is 24.3 Å². The largest absolute Gasteiger partial charge is 0.385 e. The molecule has 0 aromatic heterocycles. The molecule has 1 rings (SSSR count). The van der Waals surface area contributed by atoms with Crippen LogP contribution in [0.2, 0.25) is 0 Å². The molecule has 0 amide bonds. The summed E-state index contributed by atoms with van der Waals surface area (Å²) in [6.45, 7) is 7.35. The van der Waals surface area contributed by atoms with Crippen molar-refractivity contribution in [3.63, 3.8) is 0 Å². The van der Waals surface area contributed by atoms with Gasteiger partial charge in [-0.25, -0.2) is 0 Å². The van der Waals surface area contributed by atoms with Crippen LogP contribution in [-0.4, -0.2) is 12.3 Å². The number of hydrogen-bond acceptors (Lipinski definition) is 2. The van der Waals surface area contributed by atoms with Crippen molar-refractivity contribution in [2.45, 2.75) is 40.0 Å². The Balaban J connectivity index is 2.46. The van der Waals surface area contributed by atoms with E-state index in [2.05, 4.69) is 26.1 Å². The summed E-state index contributed by atoms with van der Waals surface area (Å²) in [7, 11) is 0. The van der Waals surface area contributed by atoms with Gasteiger partial charge in [0, 0.05) is 24.2 Å². The van der Waals surface area contributed by atoms with Gasteiger partial charge in [0.05, 0.1) is 0 Å². The molecule has 0 aliphatic rings. The summed E-state index contributed by atoms with van der Waals surface area (Å²) in [6.07, 6.45) is 2.78. The predicted molar refractivity (Wildman–Crippen MR) is 73.6 cm³/mol. The van der Waals surface area contributed by atoms with Gasteiger partial charge in [-0.1, -0.05) is 20.3 Å². The molecule has 0 spiro atoms. The topological polar surface area (TPSA) is 29.1 Å². The lowest BCUT2D eigenvalue weighted by atomic mass is 10.0. The molecule has 2 nitrogen and oxygen atoms in total. The van der Waals surface area contributed by atoms with Crippen LogP contribution in [0.5, 0.6) is 0 Å². The fourth-order valence-electron chi connectivity index (χ4n) is 1.79. The number of anilines is 1. The van der Waals surface area contributed by atoms with Crippen molar-refractivity contribution >= 4 is 11.5 Å². The zero-order valence-electron chi connectivity index (χ0n) is 11.1. The van der Waals surface area contributed by atoms with E-state index >= 15 is 0 Å². The van der Waals surface area contributed by atoms with Gasteiger partial charge >= 0.3 is 0 Å². The van der Waals surface area contributed by atoms with Crippen LogP contribution in [0.25, 0.3) is 0 Å². The molecular formula is C15H23NO. The van der Waals surface area contributed by atoms with Crippen molar-refractivity contribution in [3.05, 3.63) is 29.8 Å². The zero-order valence-corrected chi connectivity index (χ0v) is 11.1. The molecule has 0 saturated carbocycles. The monoisotopic (exact) mass is 233 g/mol. The number of carbonyl (C=O) groups is 1. The first kappa shape index (κ1) is 13.8. The molecule has 1 N–H and O–H groups in total. The van der Waals surface area contributed by atoms with Gasteiger partial charge in [-0.05, 0) is 43.5 Å². The second-order valence-corrected chi connectivity index (χ2v) is 4.82. The van der Waals surface area contributed by atoms with Gasteiger partial charge < -0.3 is 5.32 Å². The van der Waals surface area contributed by atoms with Crippen LogP contribution in [0.1, 0.15) is 50.4 Å². The third-order valence-corrected chi connectivity index (χ3v) is 2.77. The number of Topliss-reactive ketones (excluding diaryl/α,β-unsaturated/α-hetero) is 1. The maximum atomic E-state index is 11.9. The Morgan fingerprint density at radius 3 is 2.41 bits per heavy atom. The quantitative estimate of drug-likeness (QED) is 0.717. The van der Waals surface area contributed by atoms with Gasteiger partial charge in [0.2, 0.25) is 0 Å². The van der Waals surface area contributed by atoms with E-state index in [1.165, 1.54) is 0 Å². The number of nitrogens with one attached hydrogen (secondary N) is 1. The summed E-state index contributed by atoms with van der Waals surface area (Å²) in [4.78, 5) is 11.9. The van der Waals surface area contributed by atoms with E-state index in [0.29, 0.717) is 12.3 Å². The Labute approximate surface area is 104 Å². The molecule has 0 fully saturated rings. The molecule has 0 heterocycles. The molecule has 94 valence electrons. The Kier molecular flexibility index (Phi) is 5.75. The zero-order chi connectivity index (χ0) is 12.7. The first-order valence-electron chi connectivity index (χ1n) is 6.50. The average Bonchev–Trinajstić information content (AvgIpc) is 2.30. The lowest BCUT2D eigenvalue weighted by Crippen LogP contribution is -2.01. The van der Waals surface area contributed by atoms with Crippen molar-refractivity contribution < 1.29 is 4.79 Å². The van der Waals surface area contributed by atoms with E-state index < -0.39 is 0 Å². The third-order valence-electron chi connectivity index (χ3n) is 2.77. The lowest BCUT2D eigenvalue weighted by molar-refractivity contribution is 0.0978. The Hall–Kier alpha value is -1.31. The van der Waals surface area contributed by atoms with Gasteiger partial charge in [0.25, 0.3) is 0 Å². The number of hydrogen-bond donors (Lipinski definition) is 1. The highest BCUT2D eigenvalue weighted by Crippen LogP contribution is 2.13. The summed E-state index contributed by atoms with van der Waals surface area (Å²) in [5, 5.41) is 3.22. The Morgan fingerprint density at radius 2 is 1.88 bits per heavy atom. The number of rotatable bonds is 7. The van der Waals surface area contributed by atoms with E-state index in [4.69, 9.17) is 0 Å². The van der Waals surface area contributed by atoms with E-state index in [-0.39, 0.29) is 5.78 Å². The summed E-state index contributed by atoms with van der Waals surface area (Å²) < 4.78 is 0. The fourth-order valence-corrected chi connectivity index (χ4v) is 1.79. The highest BCUT2D eigenvalue weighted by Gasteiger charge is 2.05. The molecule has 0 radical (unpaired) electrons. The maximum Gasteiger partial charge on any atom is 0.162 e. The molecular weight excluding hydrogens is 210 g/mol. The van der Waals surface area contributed by atoms with Gasteiger partial charge in [-0.2, -0.15) is 0 Å². The van der Waals surface area contributed by atoms with E-state index in [1.54, 1.807) is 0 Å². The number of carbonyl (C=O) groups excluding carboxylic acids is 1. The number of benzene rings is 1. The molecule has 0 bridgehead atoms. The SMILES string of the molecule is CCNc1ccc(C(=O)CCCC(C)C)cc1. The molecule has 0 atom stereocenters. The van der Waals surface area contributed by atoms with Crippen molar-refractivity contribution in [1.82, 2.24) is 0 Å². The molecule has 0 aliphatic heterocycles. The second kappa shape index (κ2) is 7.10. The lowest BCUT2D eigenvalue weighted by Gasteiger charge is -2.06. The first-order chi connectivity index (χ1) is 8.13. The molecule has 17 heavy (non-hydrogen) atoms. The summed E-state index contributed by atoms with van der Waals surface area (Å²) in [5.74, 6) is 0.938. The predicted octanol–water partition coefficient (Wildman–Crippen LogP) is 4.13. The van der Waals surface area contributed by atoms with Crippen molar-refractivity contribution in [2.75, 3.05) is 11.9 Å². The van der Waals surface area contributed by atoms with Crippen LogP contribution >= 0.6 is 0 Å². The minimum absolute atomic E-state index is 0.258. The molecule has 1 aromatic rings. The normalized spacial score (nSPS) is 10.6. The van der Waals surface area contributed by atoms with Crippen molar-refractivity contribution in [2.24, 2.45) is 5.92 Å². The first-order valence-corrected chi connectivity index (χ1v) is 6.50. The molecule has 2 heteroatoms. The summed E-state index contributed by atoms with van der Waals surface area (Å²) >= 11 is 0. The van der Waals surface area contributed by atoms with Crippen LogP contribution in [-0.2, 0) is 0 Å².